The van der Waals surface area contributed by atoms with E-state index >= 15 is 0 Å². The number of ether oxygens (including phenoxy) is 2. The molecule has 0 aliphatic heterocycles. The standard InChI is InChI=1S/C18H17F2N5O2/c1-26-13-3-5-14(6-4-13)27-9-8-21-17-11-22-25-18(24-17)23-16-7-2-12(19)10-15(16)20/h2-7,10-11H,8-9H2,1H3,(H2,21,23,24,25). The number of nitrogens with one attached hydrogen (secondary N) is 2. The molecule has 0 aliphatic rings. The lowest BCUT2D eigenvalue weighted by Crippen LogP contribution is -2.13. The number of aromatic nitrogens is 3. The van der Waals surface area contributed by atoms with E-state index in [9.17, 15) is 8.78 Å². The van der Waals surface area contributed by atoms with Crippen molar-refractivity contribution in [3.63, 3.8) is 0 Å². The summed E-state index contributed by atoms with van der Waals surface area (Å²) in [5.41, 5.74) is 0.0539. The summed E-state index contributed by atoms with van der Waals surface area (Å²) in [4.78, 5) is 4.17. The Morgan fingerprint density at radius 1 is 1.04 bits per heavy atom. The number of halogens is 2. The largest absolute Gasteiger partial charge is 0.497 e. The molecule has 3 aromatic rings. The second-order valence-corrected chi connectivity index (χ2v) is 5.37. The molecule has 0 bridgehead atoms. The number of hydrogen-bond acceptors (Lipinski definition) is 7. The van der Waals surface area contributed by atoms with Gasteiger partial charge in [-0.05, 0) is 36.4 Å². The Hall–Kier alpha value is -3.49. The van der Waals surface area contributed by atoms with Crippen molar-refractivity contribution in [2.75, 3.05) is 30.9 Å². The van der Waals surface area contributed by atoms with Gasteiger partial charge in [0.15, 0.2) is 5.82 Å². The van der Waals surface area contributed by atoms with Crippen LogP contribution >= 0.6 is 0 Å². The summed E-state index contributed by atoms with van der Waals surface area (Å²) < 4.78 is 37.3. The zero-order chi connectivity index (χ0) is 19.1. The molecular formula is C18H17F2N5O2. The van der Waals surface area contributed by atoms with Crippen LogP contribution in [0.25, 0.3) is 0 Å². The number of hydrogen-bond donors (Lipinski definition) is 2. The number of rotatable bonds is 8. The van der Waals surface area contributed by atoms with Gasteiger partial charge in [0, 0.05) is 6.07 Å². The van der Waals surface area contributed by atoms with Crippen molar-refractivity contribution in [1.82, 2.24) is 15.2 Å². The fraction of sp³-hybridized carbons (Fsp3) is 0.167. The average Bonchev–Trinajstić information content (AvgIpc) is 2.68. The maximum atomic E-state index is 13.7. The van der Waals surface area contributed by atoms with Gasteiger partial charge in [0.25, 0.3) is 0 Å². The van der Waals surface area contributed by atoms with Crippen LogP contribution in [0.2, 0.25) is 0 Å². The Balaban J connectivity index is 1.51. The third-order valence-electron chi connectivity index (χ3n) is 3.47. The molecule has 140 valence electrons. The van der Waals surface area contributed by atoms with E-state index in [0.717, 1.165) is 17.9 Å². The fourth-order valence-corrected chi connectivity index (χ4v) is 2.17. The zero-order valence-electron chi connectivity index (χ0n) is 14.4. The van der Waals surface area contributed by atoms with Crippen LogP contribution in [0.5, 0.6) is 11.5 Å². The molecule has 2 aromatic carbocycles. The van der Waals surface area contributed by atoms with Crippen molar-refractivity contribution >= 4 is 17.5 Å². The highest BCUT2D eigenvalue weighted by Gasteiger charge is 2.07. The van der Waals surface area contributed by atoms with E-state index in [-0.39, 0.29) is 11.6 Å². The lowest BCUT2D eigenvalue weighted by atomic mass is 10.3. The predicted molar refractivity (Wildman–Crippen MR) is 96.4 cm³/mol. The predicted octanol–water partition coefficient (Wildman–Crippen LogP) is 3.39. The molecule has 0 aliphatic carbocycles. The molecule has 3 rings (SSSR count). The van der Waals surface area contributed by atoms with Crippen LogP contribution in [-0.4, -0.2) is 35.4 Å². The highest BCUT2D eigenvalue weighted by atomic mass is 19.1. The number of methoxy groups -OCH3 is 1. The van der Waals surface area contributed by atoms with Gasteiger partial charge in [-0.15, -0.1) is 5.10 Å². The van der Waals surface area contributed by atoms with Crippen molar-refractivity contribution in [3.8, 4) is 11.5 Å². The highest BCUT2D eigenvalue weighted by molar-refractivity contribution is 5.54. The van der Waals surface area contributed by atoms with Crippen molar-refractivity contribution in [3.05, 3.63) is 60.3 Å². The van der Waals surface area contributed by atoms with Gasteiger partial charge < -0.3 is 20.1 Å². The molecule has 0 saturated carbocycles. The molecule has 0 saturated heterocycles. The molecule has 0 radical (unpaired) electrons. The first-order valence-electron chi connectivity index (χ1n) is 8.06. The lowest BCUT2D eigenvalue weighted by Gasteiger charge is -2.09. The van der Waals surface area contributed by atoms with E-state index in [1.54, 1.807) is 7.11 Å². The summed E-state index contributed by atoms with van der Waals surface area (Å²) in [6.45, 7) is 0.862. The molecule has 9 heteroatoms. The van der Waals surface area contributed by atoms with Crippen LogP contribution in [-0.2, 0) is 0 Å². The molecule has 7 nitrogen and oxygen atoms in total. The summed E-state index contributed by atoms with van der Waals surface area (Å²) in [7, 11) is 1.60. The first kappa shape index (κ1) is 18.3. The van der Waals surface area contributed by atoms with Crippen molar-refractivity contribution in [1.29, 1.82) is 0 Å². The normalized spacial score (nSPS) is 10.3. The summed E-state index contributed by atoms with van der Waals surface area (Å²) in [5, 5.41) is 13.3. The third kappa shape index (κ3) is 5.24. The summed E-state index contributed by atoms with van der Waals surface area (Å²) in [5.74, 6) is 0.585. The van der Waals surface area contributed by atoms with E-state index in [0.29, 0.717) is 24.7 Å². The maximum Gasteiger partial charge on any atom is 0.249 e. The quantitative estimate of drug-likeness (QED) is 0.586. The summed E-state index contributed by atoms with van der Waals surface area (Å²) in [6, 6.07) is 10.4. The Morgan fingerprint density at radius 3 is 2.56 bits per heavy atom. The molecule has 1 heterocycles. The van der Waals surface area contributed by atoms with Crippen LogP contribution in [0.3, 0.4) is 0 Å². The van der Waals surface area contributed by atoms with Crippen LogP contribution < -0.4 is 20.1 Å². The molecule has 0 amide bonds. The van der Waals surface area contributed by atoms with Crippen LogP contribution in [0.4, 0.5) is 26.2 Å². The van der Waals surface area contributed by atoms with Crippen molar-refractivity contribution < 1.29 is 18.3 Å². The smallest absolute Gasteiger partial charge is 0.249 e. The zero-order valence-corrected chi connectivity index (χ0v) is 14.4. The molecule has 2 N–H and O–H groups in total. The topological polar surface area (TPSA) is 81.2 Å². The Morgan fingerprint density at radius 2 is 1.81 bits per heavy atom. The second-order valence-electron chi connectivity index (χ2n) is 5.37. The van der Waals surface area contributed by atoms with Gasteiger partial charge in [0.05, 0.1) is 25.5 Å². The van der Waals surface area contributed by atoms with E-state index in [1.807, 2.05) is 24.3 Å². The number of nitrogens with zero attached hydrogens (tertiary/aromatic N) is 3. The highest BCUT2D eigenvalue weighted by Crippen LogP contribution is 2.19. The van der Waals surface area contributed by atoms with E-state index in [4.69, 9.17) is 9.47 Å². The minimum Gasteiger partial charge on any atom is -0.497 e. The van der Waals surface area contributed by atoms with Crippen LogP contribution in [0.15, 0.2) is 48.7 Å². The minimum atomic E-state index is -0.746. The summed E-state index contributed by atoms with van der Waals surface area (Å²) in [6.07, 6.45) is 1.43. The van der Waals surface area contributed by atoms with E-state index in [2.05, 4.69) is 25.8 Å². The van der Waals surface area contributed by atoms with Gasteiger partial charge in [-0.2, -0.15) is 10.1 Å². The van der Waals surface area contributed by atoms with Gasteiger partial charge in [-0.25, -0.2) is 8.78 Å². The van der Waals surface area contributed by atoms with Crippen LogP contribution in [0.1, 0.15) is 0 Å². The van der Waals surface area contributed by atoms with Gasteiger partial charge in [0.1, 0.15) is 29.7 Å². The Bertz CT molecular complexity index is 893. The molecule has 0 unspecified atom stereocenters. The molecule has 0 spiro atoms. The molecular weight excluding hydrogens is 356 g/mol. The second kappa shape index (κ2) is 8.75. The Kier molecular flexibility index (Phi) is 5.93. The first-order valence-corrected chi connectivity index (χ1v) is 8.06. The SMILES string of the molecule is COc1ccc(OCCNc2cnnc(Nc3ccc(F)cc3F)n2)cc1. The third-order valence-corrected chi connectivity index (χ3v) is 3.47. The van der Waals surface area contributed by atoms with Gasteiger partial charge in [-0.3, -0.25) is 0 Å². The van der Waals surface area contributed by atoms with Gasteiger partial charge >= 0.3 is 0 Å². The lowest BCUT2D eigenvalue weighted by molar-refractivity contribution is 0.331. The molecule has 0 atom stereocenters. The number of benzene rings is 2. The molecule has 1 aromatic heterocycles. The van der Waals surface area contributed by atoms with Gasteiger partial charge in [-0.1, -0.05) is 0 Å². The van der Waals surface area contributed by atoms with E-state index in [1.165, 1.54) is 12.3 Å². The summed E-state index contributed by atoms with van der Waals surface area (Å²) >= 11 is 0. The van der Waals surface area contributed by atoms with Crippen molar-refractivity contribution in [2.24, 2.45) is 0 Å². The monoisotopic (exact) mass is 373 g/mol. The minimum absolute atomic E-state index is 0.0539. The maximum absolute atomic E-state index is 13.7. The fourth-order valence-electron chi connectivity index (χ4n) is 2.17. The molecule has 27 heavy (non-hydrogen) atoms. The molecule has 0 fully saturated rings. The van der Waals surface area contributed by atoms with Gasteiger partial charge in [0.2, 0.25) is 5.95 Å². The Labute approximate surface area is 154 Å². The first-order chi connectivity index (χ1) is 13.1. The van der Waals surface area contributed by atoms with E-state index < -0.39 is 11.6 Å². The average molecular weight is 373 g/mol. The van der Waals surface area contributed by atoms with Crippen molar-refractivity contribution in [2.45, 2.75) is 0 Å². The number of anilines is 3. The van der Waals surface area contributed by atoms with Crippen LogP contribution in [0, 0.1) is 11.6 Å².